The molecule has 0 amide bonds. The van der Waals surface area contributed by atoms with Gasteiger partial charge in [-0.1, -0.05) is 69.5 Å². The Balaban J connectivity index is 2.32. The number of unbranched alkanes of at least 4 members (excludes halogenated alkanes) is 6. The second kappa shape index (κ2) is 10.2. The first-order valence-electron chi connectivity index (χ1n) is 8.11. The van der Waals surface area contributed by atoms with E-state index in [0.29, 0.717) is 6.04 Å². The molecule has 1 unspecified atom stereocenters. The van der Waals surface area contributed by atoms with Gasteiger partial charge in [0, 0.05) is 11.1 Å². The van der Waals surface area contributed by atoms with Crippen LogP contribution < -0.4 is 5.32 Å². The highest BCUT2D eigenvalue weighted by Crippen LogP contribution is 2.24. The number of hydrogen-bond donors (Lipinski definition) is 1. The van der Waals surface area contributed by atoms with Gasteiger partial charge in [-0.2, -0.15) is 0 Å². The van der Waals surface area contributed by atoms with Gasteiger partial charge < -0.3 is 5.32 Å². The third kappa shape index (κ3) is 6.76. The zero-order chi connectivity index (χ0) is 14.8. The predicted molar refractivity (Wildman–Crippen MR) is 90.6 cm³/mol. The second-order valence-corrected chi connectivity index (χ2v) is 6.25. The fourth-order valence-electron chi connectivity index (χ4n) is 2.75. The fraction of sp³-hybridized carbons (Fsp3) is 0.667. The Labute approximate surface area is 130 Å². The van der Waals surface area contributed by atoms with E-state index in [0.717, 1.165) is 5.02 Å². The summed E-state index contributed by atoms with van der Waals surface area (Å²) < 4.78 is 0. The first-order chi connectivity index (χ1) is 9.67. The highest BCUT2D eigenvalue weighted by Gasteiger charge is 2.09. The van der Waals surface area contributed by atoms with E-state index >= 15 is 0 Å². The lowest BCUT2D eigenvalue weighted by Crippen LogP contribution is -2.16. The quantitative estimate of drug-likeness (QED) is 0.518. The van der Waals surface area contributed by atoms with Crippen LogP contribution in [0.4, 0.5) is 0 Å². The molecule has 2 heteroatoms. The third-order valence-electron chi connectivity index (χ3n) is 3.91. The largest absolute Gasteiger partial charge is 0.313 e. The molecule has 0 aliphatic heterocycles. The molecule has 0 heterocycles. The molecule has 0 fully saturated rings. The van der Waals surface area contributed by atoms with Gasteiger partial charge in [-0.3, -0.25) is 0 Å². The smallest absolute Gasteiger partial charge is 0.0411 e. The fourth-order valence-corrected chi connectivity index (χ4v) is 3.05. The van der Waals surface area contributed by atoms with Crippen LogP contribution in [0.25, 0.3) is 0 Å². The van der Waals surface area contributed by atoms with E-state index in [4.69, 9.17) is 11.6 Å². The van der Waals surface area contributed by atoms with E-state index in [2.05, 4.69) is 31.3 Å². The summed E-state index contributed by atoms with van der Waals surface area (Å²) in [4.78, 5) is 0. The van der Waals surface area contributed by atoms with E-state index in [1.807, 2.05) is 13.1 Å². The molecule has 0 aliphatic carbocycles. The highest BCUT2D eigenvalue weighted by atomic mass is 35.5. The Morgan fingerprint density at radius 2 is 1.65 bits per heavy atom. The van der Waals surface area contributed by atoms with Gasteiger partial charge >= 0.3 is 0 Å². The van der Waals surface area contributed by atoms with E-state index in [9.17, 15) is 0 Å². The van der Waals surface area contributed by atoms with E-state index in [-0.39, 0.29) is 0 Å². The minimum absolute atomic E-state index is 0.433. The Morgan fingerprint density at radius 1 is 1.00 bits per heavy atom. The van der Waals surface area contributed by atoms with Gasteiger partial charge in [0.2, 0.25) is 0 Å². The van der Waals surface area contributed by atoms with Gasteiger partial charge in [-0.15, -0.1) is 0 Å². The Morgan fingerprint density at radius 3 is 2.25 bits per heavy atom. The lowest BCUT2D eigenvalue weighted by molar-refractivity contribution is 0.496. The summed E-state index contributed by atoms with van der Waals surface area (Å²) >= 11 is 6.16. The average Bonchev–Trinajstić information content (AvgIpc) is 2.41. The van der Waals surface area contributed by atoms with Crippen LogP contribution in [-0.2, 0) is 0 Å². The predicted octanol–water partition coefficient (Wildman–Crippen LogP) is 6.05. The van der Waals surface area contributed by atoms with Crippen molar-refractivity contribution in [2.75, 3.05) is 7.05 Å². The monoisotopic (exact) mass is 295 g/mol. The Kier molecular flexibility index (Phi) is 8.97. The molecular formula is C18H30ClN. The summed E-state index contributed by atoms with van der Waals surface area (Å²) in [7, 11) is 2.04. The van der Waals surface area contributed by atoms with Crippen LogP contribution in [0.15, 0.2) is 18.2 Å². The number of benzene rings is 1. The molecule has 0 aliphatic rings. The van der Waals surface area contributed by atoms with Gasteiger partial charge in [0.15, 0.2) is 0 Å². The maximum absolute atomic E-state index is 6.16. The highest BCUT2D eigenvalue weighted by molar-refractivity contribution is 6.30. The standard InChI is InChI=1S/C18H30ClN/c1-4-5-6-7-8-9-10-11-18(20-3)16-12-15(2)13-17(19)14-16/h12-14,18,20H,4-11H2,1-3H3. The van der Waals surface area contributed by atoms with Crippen LogP contribution in [0, 0.1) is 6.92 Å². The van der Waals surface area contributed by atoms with Gasteiger partial charge in [-0.25, -0.2) is 0 Å². The molecule has 1 aromatic carbocycles. The number of halogens is 1. The lowest BCUT2D eigenvalue weighted by Gasteiger charge is -2.17. The molecule has 1 rings (SSSR count). The molecule has 0 radical (unpaired) electrons. The van der Waals surface area contributed by atoms with E-state index < -0.39 is 0 Å². The second-order valence-electron chi connectivity index (χ2n) is 5.81. The number of hydrogen-bond acceptors (Lipinski definition) is 1. The van der Waals surface area contributed by atoms with Crippen LogP contribution in [0.5, 0.6) is 0 Å². The third-order valence-corrected chi connectivity index (χ3v) is 4.13. The summed E-state index contributed by atoms with van der Waals surface area (Å²) in [6.07, 6.45) is 10.7. The lowest BCUT2D eigenvalue weighted by atomic mass is 9.98. The number of rotatable bonds is 10. The van der Waals surface area contributed by atoms with Crippen molar-refractivity contribution in [1.82, 2.24) is 5.32 Å². The molecule has 114 valence electrons. The summed E-state index contributed by atoms with van der Waals surface area (Å²) in [5.74, 6) is 0. The molecular weight excluding hydrogens is 266 g/mol. The molecule has 1 nitrogen and oxygen atoms in total. The van der Waals surface area contributed by atoms with Crippen molar-refractivity contribution in [3.63, 3.8) is 0 Å². The summed E-state index contributed by atoms with van der Waals surface area (Å²) in [6.45, 7) is 4.38. The molecule has 0 bridgehead atoms. The van der Waals surface area contributed by atoms with E-state index in [1.54, 1.807) is 0 Å². The number of nitrogens with one attached hydrogen (secondary N) is 1. The molecule has 0 saturated carbocycles. The molecule has 1 N–H and O–H groups in total. The van der Waals surface area contributed by atoms with Crippen LogP contribution in [0.2, 0.25) is 5.02 Å². The van der Waals surface area contributed by atoms with Crippen molar-refractivity contribution in [2.24, 2.45) is 0 Å². The molecule has 1 atom stereocenters. The molecule has 0 saturated heterocycles. The maximum atomic E-state index is 6.16. The first-order valence-corrected chi connectivity index (χ1v) is 8.49. The van der Waals surface area contributed by atoms with Crippen molar-refractivity contribution in [3.05, 3.63) is 34.3 Å². The molecule has 20 heavy (non-hydrogen) atoms. The zero-order valence-corrected chi connectivity index (χ0v) is 14.1. The van der Waals surface area contributed by atoms with Crippen molar-refractivity contribution < 1.29 is 0 Å². The minimum Gasteiger partial charge on any atom is -0.313 e. The van der Waals surface area contributed by atoms with Gasteiger partial charge in [0.1, 0.15) is 0 Å². The zero-order valence-electron chi connectivity index (χ0n) is 13.3. The van der Waals surface area contributed by atoms with Crippen molar-refractivity contribution in [1.29, 1.82) is 0 Å². The maximum Gasteiger partial charge on any atom is 0.0411 e. The van der Waals surface area contributed by atoms with Crippen molar-refractivity contribution in [3.8, 4) is 0 Å². The molecule has 0 spiro atoms. The van der Waals surface area contributed by atoms with Crippen LogP contribution >= 0.6 is 11.6 Å². The summed E-state index contributed by atoms with van der Waals surface area (Å²) in [5, 5.41) is 4.27. The van der Waals surface area contributed by atoms with E-state index in [1.165, 1.54) is 62.5 Å². The topological polar surface area (TPSA) is 12.0 Å². The van der Waals surface area contributed by atoms with Gasteiger partial charge in [0.05, 0.1) is 0 Å². The Hall–Kier alpha value is -0.530. The number of aryl methyl sites for hydroxylation is 1. The van der Waals surface area contributed by atoms with Gasteiger partial charge in [-0.05, 0) is 43.7 Å². The Bertz CT molecular complexity index is 355. The first kappa shape index (κ1) is 17.5. The minimum atomic E-state index is 0.433. The van der Waals surface area contributed by atoms with Crippen molar-refractivity contribution in [2.45, 2.75) is 71.3 Å². The van der Waals surface area contributed by atoms with Crippen molar-refractivity contribution >= 4 is 11.6 Å². The summed E-state index contributed by atoms with van der Waals surface area (Å²) in [5.41, 5.74) is 2.57. The SMILES string of the molecule is CCCCCCCCCC(NC)c1cc(C)cc(Cl)c1. The van der Waals surface area contributed by atoms with Crippen LogP contribution in [0.1, 0.15) is 75.5 Å². The summed E-state index contributed by atoms with van der Waals surface area (Å²) in [6, 6.07) is 6.79. The van der Waals surface area contributed by atoms with Crippen LogP contribution in [-0.4, -0.2) is 7.05 Å². The molecule has 0 aromatic heterocycles. The van der Waals surface area contributed by atoms with Crippen LogP contribution in [0.3, 0.4) is 0 Å². The normalized spacial score (nSPS) is 12.6. The molecule has 1 aromatic rings. The average molecular weight is 296 g/mol. The van der Waals surface area contributed by atoms with Gasteiger partial charge in [0.25, 0.3) is 0 Å².